The number of rotatable bonds is 7. The summed E-state index contributed by atoms with van der Waals surface area (Å²) in [4.78, 5) is 2.46. The summed E-state index contributed by atoms with van der Waals surface area (Å²) in [6, 6.07) is 13.1. The predicted octanol–water partition coefficient (Wildman–Crippen LogP) is 6.00. The molecule has 0 unspecified atom stereocenters. The Labute approximate surface area is 180 Å². The van der Waals surface area contributed by atoms with Crippen molar-refractivity contribution in [1.29, 1.82) is 0 Å². The molecule has 0 aliphatic carbocycles. The summed E-state index contributed by atoms with van der Waals surface area (Å²) in [7, 11) is 0. The van der Waals surface area contributed by atoms with Gasteiger partial charge in [-0.3, -0.25) is 0 Å². The number of hydrogen-bond donors (Lipinski definition) is 2. The van der Waals surface area contributed by atoms with E-state index in [1.54, 1.807) is 11.9 Å². The number of ether oxygens (including phenoxy) is 1. The van der Waals surface area contributed by atoms with E-state index in [-0.39, 0.29) is 12.2 Å². The van der Waals surface area contributed by atoms with Gasteiger partial charge in [0.05, 0.1) is 12.2 Å². The molecule has 2 N–H and O–H groups in total. The molecule has 2 atom stereocenters. The van der Waals surface area contributed by atoms with Gasteiger partial charge in [0.25, 0.3) is 0 Å². The SMILES string of the molecule is Cc1c(NCc2ccc(NSC(C)C)cc2)ccc(N2C[C@@H](C)O[C@@H](C)C2)c1C. The molecule has 1 heterocycles. The first-order valence-corrected chi connectivity index (χ1v) is 11.5. The molecule has 2 aromatic carbocycles. The number of nitrogens with one attached hydrogen (secondary N) is 2. The first-order valence-electron chi connectivity index (χ1n) is 10.6. The highest BCUT2D eigenvalue weighted by Crippen LogP contribution is 2.31. The first kappa shape index (κ1) is 21.8. The lowest BCUT2D eigenvalue weighted by Crippen LogP contribution is -2.45. The third kappa shape index (κ3) is 5.83. The van der Waals surface area contributed by atoms with Crippen molar-refractivity contribution < 1.29 is 4.74 Å². The zero-order chi connectivity index (χ0) is 21.0. The summed E-state index contributed by atoms with van der Waals surface area (Å²) in [5.41, 5.74) is 7.63. The Bertz CT molecular complexity index is 797. The molecule has 0 saturated carbocycles. The molecule has 1 fully saturated rings. The van der Waals surface area contributed by atoms with Crippen molar-refractivity contribution >= 4 is 29.0 Å². The van der Waals surface area contributed by atoms with Crippen LogP contribution in [0, 0.1) is 13.8 Å². The van der Waals surface area contributed by atoms with E-state index in [0.29, 0.717) is 5.25 Å². The summed E-state index contributed by atoms with van der Waals surface area (Å²) in [6.45, 7) is 15.9. The molecule has 0 spiro atoms. The highest BCUT2D eigenvalue weighted by Gasteiger charge is 2.24. The summed E-state index contributed by atoms with van der Waals surface area (Å²) in [5.74, 6) is 0. The van der Waals surface area contributed by atoms with Crippen molar-refractivity contribution in [3.63, 3.8) is 0 Å². The fourth-order valence-electron chi connectivity index (χ4n) is 3.79. The number of hydrogen-bond acceptors (Lipinski definition) is 5. The van der Waals surface area contributed by atoms with Crippen LogP contribution in [0.1, 0.15) is 44.4 Å². The second-order valence-electron chi connectivity index (χ2n) is 8.36. The van der Waals surface area contributed by atoms with Crippen LogP contribution >= 0.6 is 11.9 Å². The van der Waals surface area contributed by atoms with E-state index in [2.05, 4.69) is 92.9 Å². The molecule has 1 saturated heterocycles. The second kappa shape index (κ2) is 9.77. The van der Waals surface area contributed by atoms with Crippen molar-refractivity contribution in [2.45, 2.75) is 65.5 Å². The maximum Gasteiger partial charge on any atom is 0.0726 e. The summed E-state index contributed by atoms with van der Waals surface area (Å²) in [6.07, 6.45) is 0.542. The summed E-state index contributed by atoms with van der Waals surface area (Å²) >= 11 is 1.74. The van der Waals surface area contributed by atoms with Gasteiger partial charge >= 0.3 is 0 Å². The molecule has 0 aromatic heterocycles. The molecule has 29 heavy (non-hydrogen) atoms. The topological polar surface area (TPSA) is 36.5 Å². The molecule has 0 radical (unpaired) electrons. The Kier molecular flexibility index (Phi) is 7.36. The van der Waals surface area contributed by atoms with Crippen LogP contribution in [0.15, 0.2) is 36.4 Å². The minimum Gasteiger partial charge on any atom is -0.381 e. The maximum absolute atomic E-state index is 5.89. The normalized spacial score (nSPS) is 19.5. The fourth-order valence-corrected chi connectivity index (χ4v) is 4.30. The summed E-state index contributed by atoms with van der Waals surface area (Å²) in [5, 5.41) is 4.18. The summed E-state index contributed by atoms with van der Waals surface area (Å²) < 4.78 is 9.28. The monoisotopic (exact) mass is 413 g/mol. The van der Waals surface area contributed by atoms with Gasteiger partial charge < -0.3 is 19.7 Å². The van der Waals surface area contributed by atoms with Crippen LogP contribution in [0.5, 0.6) is 0 Å². The van der Waals surface area contributed by atoms with Gasteiger partial charge in [0.1, 0.15) is 0 Å². The second-order valence-corrected chi connectivity index (χ2v) is 9.75. The Morgan fingerprint density at radius 2 is 1.66 bits per heavy atom. The molecule has 4 nitrogen and oxygen atoms in total. The highest BCUT2D eigenvalue weighted by molar-refractivity contribution is 8.01. The van der Waals surface area contributed by atoms with Gasteiger partial charge in [0, 0.05) is 41.9 Å². The van der Waals surface area contributed by atoms with Crippen molar-refractivity contribution in [3.05, 3.63) is 53.1 Å². The van der Waals surface area contributed by atoms with Gasteiger partial charge in [-0.05, 0) is 80.6 Å². The lowest BCUT2D eigenvalue weighted by atomic mass is 10.0. The van der Waals surface area contributed by atoms with Crippen LogP contribution in [0.25, 0.3) is 0 Å². The molecule has 0 bridgehead atoms. The zero-order valence-electron chi connectivity index (χ0n) is 18.6. The number of benzene rings is 2. The van der Waals surface area contributed by atoms with E-state index in [9.17, 15) is 0 Å². The van der Waals surface area contributed by atoms with E-state index in [4.69, 9.17) is 4.74 Å². The van der Waals surface area contributed by atoms with Gasteiger partial charge in [-0.1, -0.05) is 26.0 Å². The van der Waals surface area contributed by atoms with Crippen LogP contribution < -0.4 is 14.9 Å². The minimum atomic E-state index is 0.271. The smallest absolute Gasteiger partial charge is 0.0726 e. The third-order valence-corrected chi connectivity index (χ3v) is 6.19. The maximum atomic E-state index is 5.89. The molecule has 0 amide bonds. The molecule has 5 heteroatoms. The third-order valence-electron chi connectivity index (χ3n) is 5.37. The van der Waals surface area contributed by atoms with Crippen LogP contribution in [0.3, 0.4) is 0 Å². The number of morpholine rings is 1. The van der Waals surface area contributed by atoms with E-state index >= 15 is 0 Å². The Hall–Kier alpha value is -1.85. The molecule has 3 rings (SSSR count). The van der Waals surface area contributed by atoms with Gasteiger partial charge in [0.2, 0.25) is 0 Å². The largest absolute Gasteiger partial charge is 0.381 e. The van der Waals surface area contributed by atoms with Crippen LogP contribution in [0.2, 0.25) is 0 Å². The van der Waals surface area contributed by atoms with Crippen LogP contribution in [0.4, 0.5) is 17.1 Å². The molecule has 158 valence electrons. The number of anilines is 3. The Morgan fingerprint density at radius 3 is 2.28 bits per heavy atom. The van der Waals surface area contributed by atoms with Crippen molar-refractivity contribution in [3.8, 4) is 0 Å². The molecular weight excluding hydrogens is 378 g/mol. The van der Waals surface area contributed by atoms with Crippen molar-refractivity contribution in [1.82, 2.24) is 0 Å². The predicted molar refractivity (Wildman–Crippen MR) is 128 cm³/mol. The molecular formula is C24H35N3OS. The van der Waals surface area contributed by atoms with Gasteiger partial charge in [-0.15, -0.1) is 0 Å². The standard InChI is InChI=1S/C24H35N3OS/c1-16(2)29-26-22-9-7-21(8-10-22)13-25-23-11-12-24(20(6)19(23)5)27-14-17(3)28-18(4)15-27/h7-12,16-18,25-26H,13-15H2,1-6H3/t17-,18+. The highest BCUT2D eigenvalue weighted by atomic mass is 32.2. The van der Waals surface area contributed by atoms with Crippen LogP contribution in [-0.4, -0.2) is 30.5 Å². The lowest BCUT2D eigenvalue weighted by Gasteiger charge is -2.38. The number of nitrogens with zero attached hydrogens (tertiary/aromatic N) is 1. The molecule has 1 aliphatic rings. The molecule has 2 aromatic rings. The van der Waals surface area contributed by atoms with E-state index < -0.39 is 0 Å². The average Bonchev–Trinajstić information content (AvgIpc) is 2.67. The average molecular weight is 414 g/mol. The van der Waals surface area contributed by atoms with E-state index in [1.807, 2.05) is 0 Å². The Balaban J connectivity index is 1.64. The van der Waals surface area contributed by atoms with Gasteiger partial charge in [-0.2, -0.15) is 0 Å². The van der Waals surface area contributed by atoms with Gasteiger partial charge in [-0.25, -0.2) is 0 Å². The molecule has 1 aliphatic heterocycles. The lowest BCUT2D eigenvalue weighted by molar-refractivity contribution is -0.00524. The minimum absolute atomic E-state index is 0.271. The van der Waals surface area contributed by atoms with E-state index in [1.165, 1.54) is 28.1 Å². The fraction of sp³-hybridized carbons (Fsp3) is 0.500. The Morgan fingerprint density at radius 1 is 1.00 bits per heavy atom. The van der Waals surface area contributed by atoms with Crippen molar-refractivity contribution in [2.24, 2.45) is 0 Å². The first-order chi connectivity index (χ1) is 13.8. The van der Waals surface area contributed by atoms with Crippen LogP contribution in [-0.2, 0) is 11.3 Å². The zero-order valence-corrected chi connectivity index (χ0v) is 19.4. The van der Waals surface area contributed by atoms with E-state index in [0.717, 1.165) is 25.3 Å². The quantitative estimate of drug-likeness (QED) is 0.545. The van der Waals surface area contributed by atoms with Crippen molar-refractivity contribution in [2.75, 3.05) is 28.0 Å². The van der Waals surface area contributed by atoms with Gasteiger partial charge in [0.15, 0.2) is 0 Å².